The lowest BCUT2D eigenvalue weighted by Gasteiger charge is -2.34. The van der Waals surface area contributed by atoms with Crippen molar-refractivity contribution in [2.45, 2.75) is 19.0 Å². The molecule has 0 bridgehead atoms. The Morgan fingerprint density at radius 1 is 1.39 bits per heavy atom. The summed E-state index contributed by atoms with van der Waals surface area (Å²) in [5.41, 5.74) is 1.99. The molecule has 0 fully saturated rings. The van der Waals surface area contributed by atoms with Crippen LogP contribution in [0.25, 0.3) is 0 Å². The Morgan fingerprint density at radius 3 is 2.67 bits per heavy atom. The highest BCUT2D eigenvalue weighted by Gasteiger charge is 2.34. The Kier molecular flexibility index (Phi) is 3.62. The molecule has 0 saturated carbocycles. The van der Waals surface area contributed by atoms with E-state index in [1.165, 1.54) is 12.0 Å². The number of carboxylic acid groups (broad SMARTS) is 1. The van der Waals surface area contributed by atoms with E-state index in [1.54, 1.807) is 0 Å². The van der Waals surface area contributed by atoms with Gasteiger partial charge in [0.2, 0.25) is 5.91 Å². The minimum Gasteiger partial charge on any atom is -0.480 e. The van der Waals surface area contributed by atoms with Crippen molar-refractivity contribution in [1.29, 1.82) is 0 Å². The first-order valence-corrected chi connectivity index (χ1v) is 5.71. The third-order valence-corrected chi connectivity index (χ3v) is 3.12. The Balaban J connectivity index is 2.28. The lowest BCUT2D eigenvalue weighted by molar-refractivity contribution is -0.153. The molecule has 5 nitrogen and oxygen atoms in total. The fraction of sp³-hybridized carbons (Fsp3) is 0.385. The molecular weight excluding hydrogens is 234 g/mol. The molecule has 0 aromatic heterocycles. The van der Waals surface area contributed by atoms with Gasteiger partial charge in [-0.25, -0.2) is 4.79 Å². The molecule has 1 aromatic carbocycles. The summed E-state index contributed by atoms with van der Waals surface area (Å²) in [6.45, 7) is 0.237. The van der Waals surface area contributed by atoms with Crippen LogP contribution in [0, 0.1) is 0 Å². The van der Waals surface area contributed by atoms with Crippen LogP contribution in [0.2, 0.25) is 0 Å². The van der Waals surface area contributed by atoms with Crippen LogP contribution < -0.4 is 0 Å². The van der Waals surface area contributed by atoms with Gasteiger partial charge in [0.1, 0.15) is 12.6 Å². The molecule has 0 radical (unpaired) electrons. The number of hydrogen-bond donors (Lipinski definition) is 1. The number of methoxy groups -OCH3 is 1. The smallest absolute Gasteiger partial charge is 0.326 e. The van der Waals surface area contributed by atoms with Gasteiger partial charge in [0.05, 0.1) is 0 Å². The first-order valence-electron chi connectivity index (χ1n) is 5.71. The summed E-state index contributed by atoms with van der Waals surface area (Å²) in [5.74, 6) is -1.27. The zero-order chi connectivity index (χ0) is 13.1. The topological polar surface area (TPSA) is 66.8 Å². The molecule has 1 amide bonds. The lowest BCUT2D eigenvalue weighted by Crippen LogP contribution is -2.49. The zero-order valence-corrected chi connectivity index (χ0v) is 10.1. The van der Waals surface area contributed by atoms with Crippen LogP contribution in [0.15, 0.2) is 24.3 Å². The predicted octanol–water partition coefficient (Wildman–Crippen LogP) is 0.671. The number of carboxylic acids is 1. The maximum Gasteiger partial charge on any atom is 0.326 e. The highest BCUT2D eigenvalue weighted by Crippen LogP contribution is 2.23. The van der Waals surface area contributed by atoms with Crippen molar-refractivity contribution in [2.24, 2.45) is 0 Å². The number of carbonyl (C=O) groups is 2. The lowest BCUT2D eigenvalue weighted by atomic mass is 9.94. The molecule has 1 unspecified atom stereocenters. The van der Waals surface area contributed by atoms with E-state index in [2.05, 4.69) is 0 Å². The van der Waals surface area contributed by atoms with Gasteiger partial charge in [0, 0.05) is 20.1 Å². The minimum atomic E-state index is -0.978. The number of aliphatic carboxylic acids is 1. The van der Waals surface area contributed by atoms with Crippen molar-refractivity contribution in [2.75, 3.05) is 13.7 Å². The number of benzene rings is 1. The molecule has 0 saturated heterocycles. The van der Waals surface area contributed by atoms with Gasteiger partial charge in [0.15, 0.2) is 0 Å². The van der Waals surface area contributed by atoms with Gasteiger partial charge in [-0.2, -0.15) is 0 Å². The number of amides is 1. The molecule has 1 aliphatic rings. The van der Waals surface area contributed by atoms with E-state index in [4.69, 9.17) is 4.74 Å². The normalized spacial score (nSPS) is 18.3. The number of hydrogen-bond acceptors (Lipinski definition) is 3. The molecule has 1 aliphatic heterocycles. The van der Waals surface area contributed by atoms with Crippen molar-refractivity contribution >= 4 is 11.9 Å². The number of rotatable bonds is 3. The fourth-order valence-electron chi connectivity index (χ4n) is 2.21. The van der Waals surface area contributed by atoms with Crippen molar-refractivity contribution in [3.8, 4) is 0 Å². The monoisotopic (exact) mass is 249 g/mol. The van der Waals surface area contributed by atoms with Crippen LogP contribution in [0.5, 0.6) is 0 Å². The van der Waals surface area contributed by atoms with E-state index in [1.807, 2.05) is 24.3 Å². The molecule has 2 rings (SSSR count). The summed E-state index contributed by atoms with van der Waals surface area (Å²) in [7, 11) is 1.42. The predicted molar refractivity (Wildman–Crippen MR) is 64.0 cm³/mol. The Hall–Kier alpha value is -1.88. The highest BCUT2D eigenvalue weighted by atomic mass is 16.5. The largest absolute Gasteiger partial charge is 0.480 e. The fourth-order valence-corrected chi connectivity index (χ4v) is 2.21. The summed E-state index contributed by atoms with van der Waals surface area (Å²) >= 11 is 0. The van der Waals surface area contributed by atoms with E-state index < -0.39 is 12.0 Å². The first-order chi connectivity index (χ1) is 8.63. The van der Waals surface area contributed by atoms with Gasteiger partial charge in [-0.05, 0) is 11.1 Å². The molecule has 1 N–H and O–H groups in total. The van der Waals surface area contributed by atoms with Crippen LogP contribution in [0.1, 0.15) is 11.1 Å². The molecule has 1 atom stereocenters. The molecule has 5 heteroatoms. The standard InChI is InChI=1S/C13H15NO4/c1-18-8-12(15)14-7-10-5-3-2-4-9(10)6-11(14)13(16)17/h2-5,11H,6-8H2,1H3,(H,16,17). The van der Waals surface area contributed by atoms with Crippen LogP contribution >= 0.6 is 0 Å². The maximum atomic E-state index is 11.9. The second-order valence-electron chi connectivity index (χ2n) is 4.28. The van der Waals surface area contributed by atoms with Gasteiger partial charge in [0.25, 0.3) is 0 Å². The summed E-state index contributed by atoms with van der Waals surface area (Å²) < 4.78 is 4.79. The molecule has 0 spiro atoms. The van der Waals surface area contributed by atoms with E-state index in [0.717, 1.165) is 11.1 Å². The second kappa shape index (κ2) is 5.18. The second-order valence-corrected chi connectivity index (χ2v) is 4.28. The van der Waals surface area contributed by atoms with Gasteiger partial charge >= 0.3 is 5.97 Å². The van der Waals surface area contributed by atoms with E-state index in [9.17, 15) is 14.7 Å². The van der Waals surface area contributed by atoms with Crippen LogP contribution in [-0.2, 0) is 27.3 Å². The summed E-state index contributed by atoms with van der Waals surface area (Å²) in [5, 5.41) is 9.22. The summed E-state index contributed by atoms with van der Waals surface area (Å²) in [6, 6.07) is 6.79. The molecule has 0 aliphatic carbocycles. The summed E-state index contributed by atoms with van der Waals surface area (Å²) in [4.78, 5) is 24.5. The van der Waals surface area contributed by atoms with Gasteiger partial charge in [-0.1, -0.05) is 24.3 Å². The molecule has 1 heterocycles. The zero-order valence-electron chi connectivity index (χ0n) is 10.1. The average molecular weight is 249 g/mol. The average Bonchev–Trinajstić information content (AvgIpc) is 2.37. The van der Waals surface area contributed by atoms with Crippen LogP contribution in [0.4, 0.5) is 0 Å². The quantitative estimate of drug-likeness (QED) is 0.855. The third-order valence-electron chi connectivity index (χ3n) is 3.12. The Bertz CT molecular complexity index is 472. The van der Waals surface area contributed by atoms with Crippen molar-refractivity contribution < 1.29 is 19.4 Å². The van der Waals surface area contributed by atoms with E-state index in [0.29, 0.717) is 13.0 Å². The minimum absolute atomic E-state index is 0.0913. The van der Waals surface area contributed by atoms with Crippen LogP contribution in [-0.4, -0.2) is 41.6 Å². The van der Waals surface area contributed by atoms with Gasteiger partial charge in [-0.15, -0.1) is 0 Å². The molecule has 96 valence electrons. The third kappa shape index (κ3) is 2.36. The molecule has 18 heavy (non-hydrogen) atoms. The van der Waals surface area contributed by atoms with Crippen molar-refractivity contribution in [3.05, 3.63) is 35.4 Å². The number of carbonyl (C=O) groups excluding carboxylic acids is 1. The van der Waals surface area contributed by atoms with E-state index >= 15 is 0 Å². The highest BCUT2D eigenvalue weighted by molar-refractivity contribution is 5.85. The van der Waals surface area contributed by atoms with Crippen molar-refractivity contribution in [1.82, 2.24) is 4.90 Å². The molecular formula is C13H15NO4. The summed E-state index contributed by atoms with van der Waals surface area (Å²) in [6.07, 6.45) is 0.348. The maximum absolute atomic E-state index is 11.9. The van der Waals surface area contributed by atoms with Crippen molar-refractivity contribution in [3.63, 3.8) is 0 Å². The van der Waals surface area contributed by atoms with Crippen LogP contribution in [0.3, 0.4) is 0 Å². The van der Waals surface area contributed by atoms with E-state index in [-0.39, 0.29) is 12.5 Å². The molecule has 1 aromatic rings. The number of ether oxygens (including phenoxy) is 1. The van der Waals surface area contributed by atoms with Gasteiger partial charge < -0.3 is 14.7 Å². The van der Waals surface area contributed by atoms with Gasteiger partial charge in [-0.3, -0.25) is 4.79 Å². The first kappa shape index (κ1) is 12.6. The Labute approximate surface area is 105 Å². The number of nitrogens with zero attached hydrogens (tertiary/aromatic N) is 1. The Morgan fingerprint density at radius 2 is 2.06 bits per heavy atom. The SMILES string of the molecule is COCC(=O)N1Cc2ccccc2CC1C(=O)O. The number of fused-ring (bicyclic) bond motifs is 1.